The van der Waals surface area contributed by atoms with Gasteiger partial charge >= 0.3 is 5.69 Å². The van der Waals surface area contributed by atoms with Crippen molar-refractivity contribution in [3.8, 4) is 0 Å². The van der Waals surface area contributed by atoms with Gasteiger partial charge in [0.2, 0.25) is 5.91 Å². The second-order valence-corrected chi connectivity index (χ2v) is 8.79. The van der Waals surface area contributed by atoms with Gasteiger partial charge in [-0.1, -0.05) is 36.2 Å². The summed E-state index contributed by atoms with van der Waals surface area (Å²) in [5, 5.41) is 23.5. The highest BCUT2D eigenvalue weighted by atomic mass is 79.9. The van der Waals surface area contributed by atoms with E-state index in [1.807, 2.05) is 6.07 Å². The van der Waals surface area contributed by atoms with E-state index < -0.39 is 10.8 Å². The molecule has 0 bridgehead atoms. The molecule has 31 heavy (non-hydrogen) atoms. The van der Waals surface area contributed by atoms with Crippen molar-refractivity contribution in [2.75, 3.05) is 5.32 Å². The Bertz CT molecular complexity index is 1160. The van der Waals surface area contributed by atoms with Crippen LogP contribution in [0.15, 0.2) is 28.9 Å². The molecule has 0 aliphatic rings. The van der Waals surface area contributed by atoms with Gasteiger partial charge in [0.05, 0.1) is 38.4 Å². The number of nitrogens with zero attached hydrogens (tertiary/aromatic N) is 5. The number of nitrogens with one attached hydrogen (secondary N) is 1. The summed E-state index contributed by atoms with van der Waals surface area (Å²) in [7, 11) is 0. The van der Waals surface area contributed by atoms with E-state index in [0.29, 0.717) is 38.3 Å². The van der Waals surface area contributed by atoms with E-state index in [2.05, 4.69) is 31.4 Å². The summed E-state index contributed by atoms with van der Waals surface area (Å²) in [6.45, 7) is 5.55. The molecular formula is C19H19BrCl2N6O3. The Balaban J connectivity index is 1.68. The van der Waals surface area contributed by atoms with E-state index in [-0.39, 0.29) is 18.1 Å². The lowest BCUT2D eigenvalue weighted by Crippen LogP contribution is -2.25. The molecule has 0 saturated heterocycles. The van der Waals surface area contributed by atoms with Gasteiger partial charge in [0.1, 0.15) is 11.4 Å². The van der Waals surface area contributed by atoms with Crippen molar-refractivity contribution in [2.24, 2.45) is 5.92 Å². The van der Waals surface area contributed by atoms with Gasteiger partial charge in [-0.25, -0.2) is 0 Å². The number of carbonyl (C=O) groups excluding carboxylic acids is 1. The standard InChI is InChI=1S/C19H19BrCl2N6O3/c1-10(7-27-12(3)17(28(30)31)11(2)24-27)19(29)23-18-14(20)9-26(25-18)8-13-4-5-15(21)16(22)6-13/h4-6,9-10H,7-8H2,1-3H3,(H,23,25,29). The molecule has 0 spiro atoms. The van der Waals surface area contributed by atoms with Crippen LogP contribution in [0.4, 0.5) is 11.5 Å². The average Bonchev–Trinajstić information content (AvgIpc) is 3.16. The summed E-state index contributed by atoms with van der Waals surface area (Å²) in [6, 6.07) is 5.32. The highest BCUT2D eigenvalue weighted by molar-refractivity contribution is 9.10. The van der Waals surface area contributed by atoms with Crippen LogP contribution in [0.2, 0.25) is 10.0 Å². The van der Waals surface area contributed by atoms with Gasteiger partial charge in [-0.2, -0.15) is 10.2 Å². The predicted octanol–water partition coefficient (Wildman–Crippen LogP) is 5.00. The number of hydrogen-bond acceptors (Lipinski definition) is 5. The summed E-state index contributed by atoms with van der Waals surface area (Å²) in [5.41, 5.74) is 1.60. The Labute approximate surface area is 196 Å². The van der Waals surface area contributed by atoms with Crippen molar-refractivity contribution in [3.63, 3.8) is 0 Å². The summed E-state index contributed by atoms with van der Waals surface area (Å²) in [5.74, 6) is -0.406. The molecular weight excluding hydrogens is 511 g/mol. The Hall–Kier alpha value is -2.43. The summed E-state index contributed by atoms with van der Waals surface area (Å²) >= 11 is 15.4. The number of carbonyl (C=O) groups is 1. The van der Waals surface area contributed by atoms with Gasteiger partial charge in [0, 0.05) is 6.20 Å². The molecule has 0 aliphatic carbocycles. The van der Waals surface area contributed by atoms with Gasteiger partial charge in [-0.05, 0) is 47.5 Å². The normalized spacial score (nSPS) is 12.1. The maximum Gasteiger partial charge on any atom is 0.312 e. The molecule has 2 heterocycles. The number of anilines is 1. The quantitative estimate of drug-likeness (QED) is 0.342. The fourth-order valence-corrected chi connectivity index (χ4v) is 3.83. The largest absolute Gasteiger partial charge is 0.312 e. The molecule has 2 aromatic heterocycles. The number of nitro groups is 1. The number of benzene rings is 1. The molecule has 9 nitrogen and oxygen atoms in total. The van der Waals surface area contributed by atoms with Crippen molar-refractivity contribution < 1.29 is 9.72 Å². The molecule has 3 aromatic rings. The van der Waals surface area contributed by atoms with Crippen molar-refractivity contribution in [2.45, 2.75) is 33.9 Å². The highest BCUT2D eigenvalue weighted by Crippen LogP contribution is 2.26. The lowest BCUT2D eigenvalue weighted by atomic mass is 10.1. The number of aryl methyl sites for hydroxylation is 1. The Morgan fingerprint density at radius 2 is 2.00 bits per heavy atom. The first kappa shape index (κ1) is 23.2. The van der Waals surface area contributed by atoms with Crippen molar-refractivity contribution >= 4 is 56.5 Å². The Morgan fingerprint density at radius 1 is 1.29 bits per heavy atom. The van der Waals surface area contributed by atoms with E-state index in [1.165, 1.54) is 4.68 Å². The van der Waals surface area contributed by atoms with Crippen LogP contribution in [0.5, 0.6) is 0 Å². The summed E-state index contributed by atoms with van der Waals surface area (Å²) in [6.07, 6.45) is 1.74. The molecule has 12 heteroatoms. The molecule has 0 radical (unpaired) electrons. The van der Waals surface area contributed by atoms with E-state index in [1.54, 1.807) is 43.8 Å². The highest BCUT2D eigenvalue weighted by Gasteiger charge is 2.24. The molecule has 1 unspecified atom stereocenters. The number of aromatic nitrogens is 4. The van der Waals surface area contributed by atoms with Crippen molar-refractivity contribution in [1.82, 2.24) is 19.6 Å². The monoisotopic (exact) mass is 528 g/mol. The minimum atomic E-state index is -0.496. The van der Waals surface area contributed by atoms with Crippen LogP contribution in [-0.4, -0.2) is 30.4 Å². The molecule has 164 valence electrons. The van der Waals surface area contributed by atoms with Gasteiger partial charge in [0.15, 0.2) is 5.82 Å². The second kappa shape index (κ2) is 9.37. The first-order chi connectivity index (χ1) is 14.6. The molecule has 1 N–H and O–H groups in total. The average molecular weight is 530 g/mol. The van der Waals surface area contributed by atoms with Crippen LogP contribution < -0.4 is 5.32 Å². The number of rotatable bonds is 7. The van der Waals surface area contributed by atoms with E-state index in [4.69, 9.17) is 23.2 Å². The zero-order valence-corrected chi connectivity index (χ0v) is 20.0. The Morgan fingerprint density at radius 3 is 2.61 bits per heavy atom. The van der Waals surface area contributed by atoms with E-state index >= 15 is 0 Å². The molecule has 3 rings (SSSR count). The third kappa shape index (κ3) is 5.25. The second-order valence-electron chi connectivity index (χ2n) is 7.12. The topological polar surface area (TPSA) is 108 Å². The first-order valence-electron chi connectivity index (χ1n) is 9.23. The number of halogens is 3. The molecule has 1 aromatic carbocycles. The maximum atomic E-state index is 12.7. The molecule has 0 saturated carbocycles. The van der Waals surface area contributed by atoms with Crippen LogP contribution in [0.3, 0.4) is 0 Å². The molecule has 1 atom stereocenters. The van der Waals surface area contributed by atoms with E-state index in [0.717, 1.165) is 5.56 Å². The van der Waals surface area contributed by atoms with Gasteiger partial charge in [0.25, 0.3) is 0 Å². The van der Waals surface area contributed by atoms with Crippen LogP contribution in [0, 0.1) is 29.9 Å². The summed E-state index contributed by atoms with van der Waals surface area (Å²) < 4.78 is 3.76. The van der Waals surface area contributed by atoms with Crippen molar-refractivity contribution in [1.29, 1.82) is 0 Å². The van der Waals surface area contributed by atoms with Gasteiger partial charge in [-0.15, -0.1) is 0 Å². The van der Waals surface area contributed by atoms with Crippen LogP contribution in [-0.2, 0) is 17.9 Å². The fraction of sp³-hybridized carbons (Fsp3) is 0.316. The zero-order chi connectivity index (χ0) is 22.9. The smallest absolute Gasteiger partial charge is 0.308 e. The number of amides is 1. The van der Waals surface area contributed by atoms with E-state index in [9.17, 15) is 14.9 Å². The predicted molar refractivity (Wildman–Crippen MR) is 122 cm³/mol. The fourth-order valence-electron chi connectivity index (χ4n) is 3.10. The molecule has 0 aliphatic heterocycles. The summed E-state index contributed by atoms with van der Waals surface area (Å²) in [4.78, 5) is 23.4. The Kier molecular flexibility index (Phi) is 7.03. The zero-order valence-electron chi connectivity index (χ0n) is 16.9. The minimum absolute atomic E-state index is 0.0311. The van der Waals surface area contributed by atoms with Gasteiger partial charge < -0.3 is 5.32 Å². The van der Waals surface area contributed by atoms with Crippen LogP contribution >= 0.6 is 39.1 Å². The molecule has 1 amide bonds. The first-order valence-corrected chi connectivity index (χ1v) is 10.8. The third-order valence-electron chi connectivity index (χ3n) is 4.71. The number of hydrogen-bond donors (Lipinski definition) is 1. The van der Waals surface area contributed by atoms with Crippen molar-refractivity contribution in [3.05, 3.63) is 66.0 Å². The lowest BCUT2D eigenvalue weighted by molar-refractivity contribution is -0.386. The minimum Gasteiger partial charge on any atom is -0.308 e. The van der Waals surface area contributed by atoms with Crippen LogP contribution in [0.25, 0.3) is 0 Å². The third-order valence-corrected chi connectivity index (χ3v) is 6.03. The van der Waals surface area contributed by atoms with Crippen LogP contribution in [0.1, 0.15) is 23.9 Å². The SMILES string of the molecule is Cc1nn(CC(C)C(=O)Nc2nn(Cc3ccc(Cl)c(Cl)c3)cc2Br)c(C)c1[N+](=O)[O-]. The lowest BCUT2D eigenvalue weighted by Gasteiger charge is -2.12. The molecule has 0 fully saturated rings. The maximum absolute atomic E-state index is 12.7. The van der Waals surface area contributed by atoms with Gasteiger partial charge in [-0.3, -0.25) is 24.3 Å².